The first-order chi connectivity index (χ1) is 18.1. The largest absolute Gasteiger partial charge is 0.338 e. The molecule has 2 aromatic heterocycles. The highest BCUT2D eigenvalue weighted by molar-refractivity contribution is 9.10. The Morgan fingerprint density at radius 3 is 2.37 bits per heavy atom. The maximum atomic E-state index is 14.8. The number of nitrogens with zero attached hydrogens (tertiary/aromatic N) is 3. The van der Waals surface area contributed by atoms with Gasteiger partial charge < -0.3 is 10.6 Å². The standard InChI is InChI=1S/C27H25BrFN5O4/c1-4-21(35)30-16-6-8-17(9-7-16)33-23-14(2)25(36)32(3)24(31-20-12-5-15(28)13-19(20)29)22(23)26(37)34(27(33)38)18-10-11-18/h5-9,12-13,18,31H,4,10-11H2,1-3H3,(H,30,35). The predicted molar refractivity (Wildman–Crippen MR) is 148 cm³/mol. The Morgan fingerprint density at radius 2 is 1.76 bits per heavy atom. The van der Waals surface area contributed by atoms with Gasteiger partial charge in [0.1, 0.15) is 17.0 Å². The summed E-state index contributed by atoms with van der Waals surface area (Å²) in [5.41, 5.74) is -0.173. The third-order valence-corrected chi connectivity index (χ3v) is 7.16. The van der Waals surface area contributed by atoms with Crippen LogP contribution in [0.15, 0.2) is 61.3 Å². The molecular weight excluding hydrogens is 557 g/mol. The normalized spacial score (nSPS) is 13.1. The fourth-order valence-electron chi connectivity index (χ4n) is 4.52. The van der Waals surface area contributed by atoms with Gasteiger partial charge in [0.2, 0.25) is 5.91 Å². The lowest BCUT2D eigenvalue weighted by molar-refractivity contribution is -0.115. The molecule has 0 unspecified atom stereocenters. The molecule has 2 aromatic carbocycles. The van der Waals surface area contributed by atoms with E-state index in [-0.39, 0.29) is 39.9 Å². The Morgan fingerprint density at radius 1 is 1.08 bits per heavy atom. The average Bonchev–Trinajstić information content (AvgIpc) is 3.72. The molecule has 38 heavy (non-hydrogen) atoms. The predicted octanol–water partition coefficient (Wildman–Crippen LogP) is 4.49. The first-order valence-electron chi connectivity index (χ1n) is 12.2. The first kappa shape index (κ1) is 25.7. The van der Waals surface area contributed by atoms with E-state index >= 15 is 0 Å². The van der Waals surface area contributed by atoms with Crippen molar-refractivity contribution in [2.75, 3.05) is 10.6 Å². The SMILES string of the molecule is CCC(=O)Nc1ccc(-n2c(=O)n(C3CC3)c(=O)c3c(Nc4ccc(Br)cc4F)n(C)c(=O)c(C)c32)cc1. The van der Waals surface area contributed by atoms with Crippen molar-refractivity contribution in [2.45, 2.75) is 39.2 Å². The number of carbonyl (C=O) groups is 1. The lowest BCUT2D eigenvalue weighted by Crippen LogP contribution is -2.41. The Hall–Kier alpha value is -3.99. The van der Waals surface area contributed by atoms with Gasteiger partial charge in [-0.2, -0.15) is 0 Å². The molecule has 1 aliphatic rings. The molecule has 11 heteroatoms. The van der Waals surface area contributed by atoms with Gasteiger partial charge in [-0.3, -0.25) is 28.1 Å². The fraction of sp³-hybridized carbons (Fsp3) is 0.259. The number of pyridine rings is 1. The second kappa shape index (κ2) is 9.71. The number of nitrogens with one attached hydrogen (secondary N) is 2. The number of amides is 1. The Labute approximate surface area is 224 Å². The molecule has 0 aliphatic heterocycles. The lowest BCUT2D eigenvalue weighted by atomic mass is 10.1. The zero-order valence-corrected chi connectivity index (χ0v) is 22.6. The molecule has 196 valence electrons. The zero-order valence-electron chi connectivity index (χ0n) is 21.0. The van der Waals surface area contributed by atoms with E-state index in [0.29, 0.717) is 35.1 Å². The highest BCUT2D eigenvalue weighted by Gasteiger charge is 2.31. The third kappa shape index (κ3) is 4.36. The number of aromatic nitrogens is 3. The van der Waals surface area contributed by atoms with Crippen LogP contribution in [0, 0.1) is 12.7 Å². The number of halogens is 2. The molecule has 1 fully saturated rings. The van der Waals surface area contributed by atoms with Gasteiger partial charge >= 0.3 is 5.69 Å². The highest BCUT2D eigenvalue weighted by Crippen LogP contribution is 2.34. The van der Waals surface area contributed by atoms with E-state index in [1.807, 2.05) is 0 Å². The van der Waals surface area contributed by atoms with Crippen LogP contribution in [0.3, 0.4) is 0 Å². The van der Waals surface area contributed by atoms with Crippen LogP contribution in [0.4, 0.5) is 21.6 Å². The van der Waals surface area contributed by atoms with Crippen LogP contribution in [0.2, 0.25) is 0 Å². The van der Waals surface area contributed by atoms with Gasteiger partial charge in [0.15, 0.2) is 0 Å². The van der Waals surface area contributed by atoms with Gasteiger partial charge in [-0.15, -0.1) is 0 Å². The van der Waals surface area contributed by atoms with Crippen molar-refractivity contribution >= 4 is 49.9 Å². The molecule has 0 spiro atoms. The smallest absolute Gasteiger partial charge is 0.336 e. The van der Waals surface area contributed by atoms with Crippen LogP contribution in [0.5, 0.6) is 0 Å². The summed E-state index contributed by atoms with van der Waals surface area (Å²) in [6.07, 6.45) is 1.67. The van der Waals surface area contributed by atoms with Gasteiger partial charge in [-0.1, -0.05) is 22.9 Å². The van der Waals surface area contributed by atoms with Gasteiger partial charge in [0, 0.05) is 35.2 Å². The number of aryl methyl sites for hydroxylation is 1. The monoisotopic (exact) mass is 581 g/mol. The van der Waals surface area contributed by atoms with Gasteiger partial charge in [0.05, 0.1) is 16.9 Å². The Kier molecular flexibility index (Phi) is 6.56. The van der Waals surface area contributed by atoms with Crippen LogP contribution < -0.4 is 27.4 Å². The number of fused-ring (bicyclic) bond motifs is 1. The van der Waals surface area contributed by atoms with Crippen molar-refractivity contribution in [1.29, 1.82) is 0 Å². The number of carbonyl (C=O) groups excluding carboxylic acids is 1. The van der Waals surface area contributed by atoms with Crippen LogP contribution in [0.1, 0.15) is 37.8 Å². The number of hydrogen-bond donors (Lipinski definition) is 2. The van der Waals surface area contributed by atoms with E-state index in [9.17, 15) is 23.6 Å². The molecule has 2 heterocycles. The van der Waals surface area contributed by atoms with Crippen LogP contribution in [-0.4, -0.2) is 19.6 Å². The third-order valence-electron chi connectivity index (χ3n) is 6.67. The topological polar surface area (TPSA) is 107 Å². The molecule has 1 saturated carbocycles. The number of benzene rings is 2. The minimum Gasteiger partial charge on any atom is -0.338 e. The van der Waals surface area contributed by atoms with Gasteiger partial charge in [-0.25, -0.2) is 9.18 Å². The Bertz CT molecular complexity index is 1790. The number of anilines is 3. The van der Waals surface area contributed by atoms with E-state index in [1.54, 1.807) is 44.2 Å². The maximum Gasteiger partial charge on any atom is 0.336 e. The molecule has 2 N–H and O–H groups in total. The van der Waals surface area contributed by atoms with Crippen molar-refractivity contribution in [3.63, 3.8) is 0 Å². The molecule has 0 bridgehead atoms. The maximum absolute atomic E-state index is 14.8. The number of rotatable bonds is 6. The molecular formula is C27H25BrFN5O4. The lowest BCUT2D eigenvalue weighted by Gasteiger charge is -2.20. The summed E-state index contributed by atoms with van der Waals surface area (Å²) < 4.78 is 19.1. The summed E-state index contributed by atoms with van der Waals surface area (Å²) in [7, 11) is 1.50. The molecule has 5 rings (SSSR count). The molecule has 0 atom stereocenters. The zero-order chi connectivity index (χ0) is 27.3. The molecule has 9 nitrogen and oxygen atoms in total. The summed E-state index contributed by atoms with van der Waals surface area (Å²) in [6.45, 7) is 3.30. The average molecular weight is 582 g/mol. The van der Waals surface area contributed by atoms with Crippen molar-refractivity contribution in [3.05, 3.63) is 89.5 Å². The van der Waals surface area contributed by atoms with E-state index in [2.05, 4.69) is 26.6 Å². The highest BCUT2D eigenvalue weighted by atomic mass is 79.9. The molecule has 0 radical (unpaired) electrons. The van der Waals surface area contributed by atoms with Crippen molar-refractivity contribution in [2.24, 2.45) is 7.05 Å². The fourth-order valence-corrected chi connectivity index (χ4v) is 4.85. The van der Waals surface area contributed by atoms with Crippen molar-refractivity contribution in [1.82, 2.24) is 13.7 Å². The number of hydrogen-bond acceptors (Lipinski definition) is 5. The van der Waals surface area contributed by atoms with Crippen LogP contribution in [0.25, 0.3) is 16.6 Å². The van der Waals surface area contributed by atoms with E-state index in [0.717, 1.165) is 0 Å². The molecule has 4 aromatic rings. The minimum absolute atomic E-state index is 0.0690. The molecule has 1 aliphatic carbocycles. The van der Waals surface area contributed by atoms with Crippen molar-refractivity contribution in [3.8, 4) is 5.69 Å². The Balaban J connectivity index is 1.83. The first-order valence-corrected chi connectivity index (χ1v) is 12.9. The summed E-state index contributed by atoms with van der Waals surface area (Å²) >= 11 is 3.23. The summed E-state index contributed by atoms with van der Waals surface area (Å²) in [6, 6.07) is 10.7. The van der Waals surface area contributed by atoms with Crippen LogP contribution >= 0.6 is 15.9 Å². The molecule has 0 saturated heterocycles. The second-order valence-corrected chi connectivity index (χ2v) is 10.2. The molecule has 1 amide bonds. The van der Waals surface area contributed by atoms with Gasteiger partial charge in [0.25, 0.3) is 11.1 Å². The summed E-state index contributed by atoms with van der Waals surface area (Å²) in [5.74, 6) is -0.657. The summed E-state index contributed by atoms with van der Waals surface area (Å²) in [5, 5.41) is 5.79. The van der Waals surface area contributed by atoms with Crippen molar-refractivity contribution < 1.29 is 9.18 Å². The summed E-state index contributed by atoms with van der Waals surface area (Å²) in [4.78, 5) is 52.7. The quantitative estimate of drug-likeness (QED) is 0.349. The van der Waals surface area contributed by atoms with Gasteiger partial charge in [-0.05, 0) is 62.2 Å². The van der Waals surface area contributed by atoms with E-state index in [4.69, 9.17) is 0 Å². The van der Waals surface area contributed by atoms with E-state index in [1.165, 1.54) is 32.9 Å². The van der Waals surface area contributed by atoms with Crippen LogP contribution in [-0.2, 0) is 11.8 Å². The second-order valence-electron chi connectivity index (χ2n) is 9.28. The van der Waals surface area contributed by atoms with E-state index < -0.39 is 22.6 Å². The minimum atomic E-state index is -0.582.